The molecule has 0 saturated heterocycles. The summed E-state index contributed by atoms with van der Waals surface area (Å²) < 4.78 is 24.3. The quantitative estimate of drug-likeness (QED) is 0.333. The van der Waals surface area contributed by atoms with Crippen molar-refractivity contribution in [3.05, 3.63) is 66.4 Å². The number of para-hydroxylation sites is 1. The molecular weight excluding hydrogens is 430 g/mol. The number of nitrogens with zero attached hydrogens (tertiary/aromatic N) is 3. The summed E-state index contributed by atoms with van der Waals surface area (Å²) in [6, 6.07) is 19.6. The van der Waals surface area contributed by atoms with E-state index in [4.69, 9.17) is 29.0 Å². The number of fused-ring (bicyclic) bond motifs is 3. The molecule has 2 heterocycles. The van der Waals surface area contributed by atoms with Crippen LogP contribution in [0.25, 0.3) is 38.8 Å². The molecule has 7 nitrogen and oxygen atoms in total. The van der Waals surface area contributed by atoms with Gasteiger partial charge in [-0.05, 0) is 49.4 Å². The Morgan fingerprint density at radius 1 is 0.706 bits per heavy atom. The Labute approximate surface area is 197 Å². The van der Waals surface area contributed by atoms with Crippen molar-refractivity contribution >= 4 is 21.8 Å². The fourth-order valence-corrected chi connectivity index (χ4v) is 4.34. The molecule has 0 atom stereocenters. The Morgan fingerprint density at radius 2 is 1.38 bits per heavy atom. The van der Waals surface area contributed by atoms with Crippen LogP contribution in [0.15, 0.2) is 60.7 Å². The maximum atomic E-state index is 5.71. The molecule has 34 heavy (non-hydrogen) atoms. The Bertz CT molecular complexity index is 1510. The molecule has 172 valence electrons. The lowest BCUT2D eigenvalue weighted by atomic mass is 9.99. The molecule has 0 aliphatic heterocycles. The van der Waals surface area contributed by atoms with Crippen LogP contribution in [0.3, 0.4) is 0 Å². The molecule has 0 unspecified atom stereocenters. The summed E-state index contributed by atoms with van der Waals surface area (Å²) in [5, 5.41) is 7.65. The van der Waals surface area contributed by atoms with Crippen molar-refractivity contribution in [3.63, 3.8) is 0 Å². The van der Waals surface area contributed by atoms with E-state index >= 15 is 0 Å². The molecule has 0 amide bonds. The van der Waals surface area contributed by atoms with Gasteiger partial charge in [0, 0.05) is 16.3 Å². The van der Waals surface area contributed by atoms with Crippen LogP contribution in [0.5, 0.6) is 23.0 Å². The largest absolute Gasteiger partial charge is 0.497 e. The van der Waals surface area contributed by atoms with E-state index in [1.165, 1.54) is 0 Å². The van der Waals surface area contributed by atoms with E-state index in [9.17, 15) is 0 Å². The van der Waals surface area contributed by atoms with Gasteiger partial charge in [0.2, 0.25) is 0 Å². The minimum Gasteiger partial charge on any atom is -0.497 e. The highest BCUT2D eigenvalue weighted by molar-refractivity contribution is 6.13. The first-order valence-electron chi connectivity index (χ1n) is 10.8. The highest BCUT2D eigenvalue weighted by atomic mass is 16.5. The summed E-state index contributed by atoms with van der Waals surface area (Å²) in [5.41, 5.74) is 4.07. The number of hydrogen-bond acceptors (Lipinski definition) is 6. The maximum absolute atomic E-state index is 5.71. The number of ether oxygens (including phenoxy) is 4. The number of pyridine rings is 1. The summed E-state index contributed by atoms with van der Waals surface area (Å²) in [4.78, 5) is 5.15. The van der Waals surface area contributed by atoms with E-state index in [0.717, 1.165) is 44.4 Å². The molecule has 3 aromatic carbocycles. The van der Waals surface area contributed by atoms with Crippen molar-refractivity contribution in [2.45, 2.75) is 6.92 Å². The summed E-state index contributed by atoms with van der Waals surface area (Å²) in [6.07, 6.45) is 0. The number of rotatable bonds is 6. The third-order valence-corrected chi connectivity index (χ3v) is 5.96. The second-order valence-electron chi connectivity index (χ2n) is 7.81. The fourth-order valence-electron chi connectivity index (χ4n) is 4.34. The van der Waals surface area contributed by atoms with Crippen LogP contribution in [0.4, 0.5) is 0 Å². The number of methoxy groups -OCH3 is 4. The minimum atomic E-state index is 0.618. The van der Waals surface area contributed by atoms with Crippen LogP contribution < -0.4 is 18.9 Å². The van der Waals surface area contributed by atoms with Crippen LogP contribution in [0.2, 0.25) is 0 Å². The molecule has 2 aromatic heterocycles. The maximum Gasteiger partial charge on any atom is 0.164 e. The van der Waals surface area contributed by atoms with E-state index in [-0.39, 0.29) is 0 Å². The molecule has 5 aromatic rings. The second kappa shape index (κ2) is 8.59. The van der Waals surface area contributed by atoms with E-state index < -0.39 is 0 Å². The van der Waals surface area contributed by atoms with Crippen LogP contribution in [0.1, 0.15) is 5.69 Å². The van der Waals surface area contributed by atoms with Gasteiger partial charge in [-0.2, -0.15) is 5.10 Å². The van der Waals surface area contributed by atoms with Crippen molar-refractivity contribution in [2.24, 2.45) is 0 Å². The Balaban J connectivity index is 1.96. The van der Waals surface area contributed by atoms with Crippen molar-refractivity contribution in [1.29, 1.82) is 0 Å². The zero-order valence-corrected chi connectivity index (χ0v) is 19.7. The van der Waals surface area contributed by atoms with Gasteiger partial charge in [-0.3, -0.25) is 0 Å². The third-order valence-electron chi connectivity index (χ3n) is 5.96. The van der Waals surface area contributed by atoms with E-state index in [2.05, 4.69) is 0 Å². The third kappa shape index (κ3) is 3.37. The van der Waals surface area contributed by atoms with Crippen molar-refractivity contribution in [3.8, 4) is 39.9 Å². The van der Waals surface area contributed by atoms with E-state index in [1.807, 2.05) is 72.3 Å². The molecule has 0 radical (unpaired) electrons. The molecule has 7 heteroatoms. The van der Waals surface area contributed by atoms with Gasteiger partial charge in [0.05, 0.1) is 50.9 Å². The molecule has 5 rings (SSSR count). The fraction of sp³-hybridized carbons (Fsp3) is 0.185. The van der Waals surface area contributed by atoms with Gasteiger partial charge >= 0.3 is 0 Å². The number of aromatic nitrogens is 3. The SMILES string of the molecule is COc1ccc(OC)c(-c2nc3c(c(C)nn3-c3ccccc3)c3cc(OC)c(OC)cc23)c1. The molecule has 0 spiro atoms. The molecule has 0 aliphatic carbocycles. The lowest BCUT2D eigenvalue weighted by molar-refractivity contribution is 0.356. The first-order valence-corrected chi connectivity index (χ1v) is 10.8. The van der Waals surface area contributed by atoms with Gasteiger partial charge in [0.1, 0.15) is 11.5 Å². The lowest BCUT2D eigenvalue weighted by Crippen LogP contribution is -2.00. The number of benzene rings is 3. The van der Waals surface area contributed by atoms with Gasteiger partial charge in [-0.25, -0.2) is 9.67 Å². The second-order valence-corrected chi connectivity index (χ2v) is 7.81. The van der Waals surface area contributed by atoms with Crippen LogP contribution >= 0.6 is 0 Å². The highest BCUT2D eigenvalue weighted by Crippen LogP contribution is 2.43. The molecule has 0 fully saturated rings. The van der Waals surface area contributed by atoms with Crippen LogP contribution in [0, 0.1) is 6.92 Å². The predicted octanol–water partition coefficient (Wildman–Crippen LogP) is 5.58. The summed E-state index contributed by atoms with van der Waals surface area (Å²) >= 11 is 0. The van der Waals surface area contributed by atoms with Crippen LogP contribution in [-0.2, 0) is 0 Å². The van der Waals surface area contributed by atoms with Crippen molar-refractivity contribution in [1.82, 2.24) is 14.8 Å². The summed E-state index contributed by atoms with van der Waals surface area (Å²) in [5.74, 6) is 2.65. The Kier molecular flexibility index (Phi) is 5.45. The van der Waals surface area contributed by atoms with E-state index in [0.29, 0.717) is 23.0 Å². The minimum absolute atomic E-state index is 0.618. The summed E-state index contributed by atoms with van der Waals surface area (Å²) in [6.45, 7) is 1.99. The number of aryl methyl sites for hydroxylation is 1. The van der Waals surface area contributed by atoms with Gasteiger partial charge in [-0.15, -0.1) is 0 Å². The van der Waals surface area contributed by atoms with Gasteiger partial charge in [0.15, 0.2) is 17.1 Å². The molecule has 0 N–H and O–H groups in total. The van der Waals surface area contributed by atoms with E-state index in [1.54, 1.807) is 28.4 Å². The molecule has 0 aliphatic rings. The Hall–Kier alpha value is -4.26. The van der Waals surface area contributed by atoms with Crippen molar-refractivity contribution < 1.29 is 18.9 Å². The zero-order valence-electron chi connectivity index (χ0n) is 19.7. The summed E-state index contributed by atoms with van der Waals surface area (Å²) in [7, 11) is 6.55. The van der Waals surface area contributed by atoms with Gasteiger partial charge in [0.25, 0.3) is 0 Å². The highest BCUT2D eigenvalue weighted by Gasteiger charge is 2.22. The first kappa shape index (κ1) is 21.6. The smallest absolute Gasteiger partial charge is 0.164 e. The predicted molar refractivity (Wildman–Crippen MR) is 133 cm³/mol. The van der Waals surface area contributed by atoms with Crippen molar-refractivity contribution in [2.75, 3.05) is 28.4 Å². The zero-order chi connectivity index (χ0) is 23.8. The molecule has 0 saturated carbocycles. The topological polar surface area (TPSA) is 67.6 Å². The normalized spacial score (nSPS) is 11.1. The van der Waals surface area contributed by atoms with Gasteiger partial charge in [-0.1, -0.05) is 18.2 Å². The molecule has 0 bridgehead atoms. The average molecular weight is 456 g/mol. The monoisotopic (exact) mass is 455 g/mol. The Morgan fingerprint density at radius 3 is 2.03 bits per heavy atom. The van der Waals surface area contributed by atoms with Crippen LogP contribution in [-0.4, -0.2) is 43.2 Å². The standard InChI is InChI=1S/C27H25N3O4/c1-16-25-19-14-23(33-4)24(34-5)15-20(19)26(21-13-18(31-2)11-12-22(21)32-3)28-27(25)30(29-16)17-9-7-6-8-10-17/h6-15H,1-5H3. The number of hydrogen-bond donors (Lipinski definition) is 0. The lowest BCUT2D eigenvalue weighted by Gasteiger charge is -2.16. The van der Waals surface area contributed by atoms with Gasteiger partial charge < -0.3 is 18.9 Å². The molecular formula is C27H25N3O4. The average Bonchev–Trinajstić information content (AvgIpc) is 3.23. The first-order chi connectivity index (χ1) is 16.6.